The number of aromatic nitrogens is 2. The van der Waals surface area contributed by atoms with Crippen LogP contribution >= 0.6 is 0 Å². The molecule has 1 saturated heterocycles. The maximum Gasteiger partial charge on any atom is 0.225 e. The minimum Gasteiger partial charge on any atom is -0.508 e. The van der Waals surface area contributed by atoms with E-state index in [9.17, 15) is 5.11 Å². The fourth-order valence-corrected chi connectivity index (χ4v) is 2.32. The Labute approximate surface area is 118 Å². The Balaban J connectivity index is 1.75. The van der Waals surface area contributed by atoms with Gasteiger partial charge in [0, 0.05) is 38.8 Å². The number of hydrogen-bond donors (Lipinski definition) is 2. The Morgan fingerprint density at radius 2 is 1.85 bits per heavy atom. The van der Waals surface area contributed by atoms with Gasteiger partial charge < -0.3 is 15.3 Å². The fourth-order valence-electron chi connectivity index (χ4n) is 2.32. The highest BCUT2D eigenvalue weighted by atomic mass is 16.3. The number of hydrogen-bond acceptors (Lipinski definition) is 5. The summed E-state index contributed by atoms with van der Waals surface area (Å²) in [6.07, 6.45) is 2.57. The van der Waals surface area contributed by atoms with E-state index < -0.39 is 0 Å². The number of nitrogens with one attached hydrogen (secondary N) is 1. The highest BCUT2D eigenvalue weighted by molar-refractivity contribution is 5.33. The number of rotatable bonds is 3. The second-order valence-corrected chi connectivity index (χ2v) is 4.93. The summed E-state index contributed by atoms with van der Waals surface area (Å²) in [6.45, 7) is 3.85. The number of piperazine rings is 1. The molecule has 0 bridgehead atoms. The second kappa shape index (κ2) is 5.88. The summed E-state index contributed by atoms with van der Waals surface area (Å²) in [7, 11) is 0. The fraction of sp³-hybridized carbons (Fsp3) is 0.333. The molecule has 2 N–H and O–H groups in total. The molecule has 1 aromatic carbocycles. The largest absolute Gasteiger partial charge is 0.508 e. The van der Waals surface area contributed by atoms with Gasteiger partial charge in [-0.1, -0.05) is 12.1 Å². The van der Waals surface area contributed by atoms with Crippen molar-refractivity contribution in [1.82, 2.24) is 15.3 Å². The van der Waals surface area contributed by atoms with Crippen LogP contribution < -0.4 is 10.2 Å². The quantitative estimate of drug-likeness (QED) is 0.877. The third-order valence-electron chi connectivity index (χ3n) is 3.42. The number of phenols is 1. The molecule has 5 heteroatoms. The first-order chi connectivity index (χ1) is 9.81. The SMILES string of the molecule is Oc1ccc(Cc2ccnc(N3CCNCC3)n2)cc1. The average Bonchev–Trinajstić information content (AvgIpc) is 2.51. The van der Waals surface area contributed by atoms with Crippen molar-refractivity contribution in [2.24, 2.45) is 0 Å². The van der Waals surface area contributed by atoms with Crippen molar-refractivity contribution in [3.8, 4) is 5.75 Å². The number of nitrogens with zero attached hydrogens (tertiary/aromatic N) is 3. The first kappa shape index (κ1) is 12.9. The van der Waals surface area contributed by atoms with Crippen molar-refractivity contribution in [2.75, 3.05) is 31.1 Å². The zero-order valence-corrected chi connectivity index (χ0v) is 11.3. The summed E-state index contributed by atoms with van der Waals surface area (Å²) >= 11 is 0. The molecular weight excluding hydrogens is 252 g/mol. The third-order valence-corrected chi connectivity index (χ3v) is 3.42. The van der Waals surface area contributed by atoms with Crippen LogP contribution in [0.4, 0.5) is 5.95 Å². The van der Waals surface area contributed by atoms with Crippen molar-refractivity contribution in [3.05, 3.63) is 47.8 Å². The molecular formula is C15H18N4O. The van der Waals surface area contributed by atoms with Gasteiger partial charge in [-0.25, -0.2) is 9.97 Å². The van der Waals surface area contributed by atoms with Gasteiger partial charge in [0.1, 0.15) is 5.75 Å². The Bertz CT molecular complexity index is 564. The Morgan fingerprint density at radius 3 is 2.60 bits per heavy atom. The van der Waals surface area contributed by atoms with Crippen molar-refractivity contribution < 1.29 is 5.11 Å². The number of anilines is 1. The summed E-state index contributed by atoms with van der Waals surface area (Å²) < 4.78 is 0. The summed E-state index contributed by atoms with van der Waals surface area (Å²) in [4.78, 5) is 11.2. The Hall–Kier alpha value is -2.14. The maximum absolute atomic E-state index is 9.30. The third kappa shape index (κ3) is 3.05. The lowest BCUT2D eigenvalue weighted by molar-refractivity contribution is 0.475. The minimum atomic E-state index is 0.290. The van der Waals surface area contributed by atoms with E-state index in [1.807, 2.05) is 24.4 Å². The van der Waals surface area contributed by atoms with Crippen LogP contribution in [0.25, 0.3) is 0 Å². The van der Waals surface area contributed by atoms with Crippen LogP contribution in [0.5, 0.6) is 5.75 Å². The first-order valence-electron chi connectivity index (χ1n) is 6.87. The van der Waals surface area contributed by atoms with E-state index in [1.165, 1.54) is 0 Å². The summed E-state index contributed by atoms with van der Waals surface area (Å²) in [5.41, 5.74) is 2.13. The van der Waals surface area contributed by atoms with Crippen LogP contribution in [0.1, 0.15) is 11.3 Å². The van der Waals surface area contributed by atoms with Gasteiger partial charge in [-0.15, -0.1) is 0 Å². The predicted molar refractivity (Wildman–Crippen MR) is 78.0 cm³/mol. The summed E-state index contributed by atoms with van der Waals surface area (Å²) in [6, 6.07) is 9.18. The molecule has 0 aliphatic carbocycles. The smallest absolute Gasteiger partial charge is 0.225 e. The van der Waals surface area contributed by atoms with Crippen molar-refractivity contribution >= 4 is 5.95 Å². The van der Waals surface area contributed by atoms with Crippen molar-refractivity contribution in [2.45, 2.75) is 6.42 Å². The minimum absolute atomic E-state index is 0.290. The molecule has 20 heavy (non-hydrogen) atoms. The molecule has 2 aromatic rings. The zero-order valence-electron chi connectivity index (χ0n) is 11.3. The molecule has 3 rings (SSSR count). The van der Waals surface area contributed by atoms with E-state index in [1.54, 1.807) is 12.1 Å². The highest BCUT2D eigenvalue weighted by Crippen LogP contribution is 2.14. The van der Waals surface area contributed by atoms with E-state index in [0.29, 0.717) is 0 Å². The molecule has 1 aromatic heterocycles. The molecule has 104 valence electrons. The van der Waals surface area contributed by atoms with Gasteiger partial charge >= 0.3 is 0 Å². The van der Waals surface area contributed by atoms with Gasteiger partial charge in [-0.3, -0.25) is 0 Å². The predicted octanol–water partition coefficient (Wildman–Crippen LogP) is 1.18. The molecule has 0 atom stereocenters. The molecule has 5 nitrogen and oxygen atoms in total. The lowest BCUT2D eigenvalue weighted by atomic mass is 10.1. The van der Waals surface area contributed by atoms with Crippen LogP contribution in [0.15, 0.2) is 36.5 Å². The topological polar surface area (TPSA) is 61.3 Å². The van der Waals surface area contributed by atoms with E-state index in [2.05, 4.69) is 20.2 Å². The van der Waals surface area contributed by atoms with Gasteiger partial charge in [0.05, 0.1) is 5.69 Å². The van der Waals surface area contributed by atoms with Gasteiger partial charge in [-0.05, 0) is 23.8 Å². The number of phenolic OH excluding ortho intramolecular Hbond substituents is 1. The molecule has 1 fully saturated rings. The van der Waals surface area contributed by atoms with E-state index in [-0.39, 0.29) is 5.75 Å². The van der Waals surface area contributed by atoms with Crippen LogP contribution in [0.2, 0.25) is 0 Å². The van der Waals surface area contributed by atoms with E-state index in [4.69, 9.17) is 0 Å². The highest BCUT2D eigenvalue weighted by Gasteiger charge is 2.13. The Morgan fingerprint density at radius 1 is 1.10 bits per heavy atom. The van der Waals surface area contributed by atoms with Gasteiger partial charge in [0.25, 0.3) is 0 Å². The van der Waals surface area contributed by atoms with E-state index in [0.717, 1.165) is 49.8 Å². The maximum atomic E-state index is 9.30. The molecule has 1 aliphatic heterocycles. The molecule has 2 heterocycles. The van der Waals surface area contributed by atoms with Gasteiger partial charge in [-0.2, -0.15) is 0 Å². The lowest BCUT2D eigenvalue weighted by Gasteiger charge is -2.27. The molecule has 0 unspecified atom stereocenters. The van der Waals surface area contributed by atoms with Crippen LogP contribution in [-0.2, 0) is 6.42 Å². The Kier molecular flexibility index (Phi) is 3.78. The molecule has 1 aliphatic rings. The number of benzene rings is 1. The first-order valence-corrected chi connectivity index (χ1v) is 6.87. The van der Waals surface area contributed by atoms with Gasteiger partial charge in [0.15, 0.2) is 0 Å². The average molecular weight is 270 g/mol. The monoisotopic (exact) mass is 270 g/mol. The van der Waals surface area contributed by atoms with Crippen molar-refractivity contribution in [3.63, 3.8) is 0 Å². The van der Waals surface area contributed by atoms with Crippen LogP contribution in [0.3, 0.4) is 0 Å². The van der Waals surface area contributed by atoms with Crippen LogP contribution in [0, 0.1) is 0 Å². The molecule has 0 amide bonds. The lowest BCUT2D eigenvalue weighted by Crippen LogP contribution is -2.44. The normalized spacial score (nSPS) is 15.3. The summed E-state index contributed by atoms with van der Waals surface area (Å²) in [5, 5.41) is 12.6. The van der Waals surface area contributed by atoms with Crippen molar-refractivity contribution in [1.29, 1.82) is 0 Å². The molecule has 0 spiro atoms. The van der Waals surface area contributed by atoms with Crippen LogP contribution in [-0.4, -0.2) is 41.3 Å². The molecule has 0 saturated carbocycles. The van der Waals surface area contributed by atoms with E-state index >= 15 is 0 Å². The molecule has 0 radical (unpaired) electrons. The second-order valence-electron chi connectivity index (χ2n) is 4.93. The summed E-state index contributed by atoms with van der Waals surface area (Å²) in [5.74, 6) is 1.10. The van der Waals surface area contributed by atoms with Gasteiger partial charge in [0.2, 0.25) is 5.95 Å². The zero-order chi connectivity index (χ0) is 13.8. The standard InChI is InChI=1S/C15H18N4O/c20-14-3-1-12(2-4-14)11-13-5-6-17-15(18-13)19-9-7-16-8-10-19/h1-6,16,20H,7-11H2. The number of aromatic hydroxyl groups is 1.